The number of hydrogen-bond acceptors (Lipinski definition) is 33. The number of halogens is 4. The van der Waals surface area contributed by atoms with E-state index in [0.717, 1.165) is 48.3 Å². The van der Waals surface area contributed by atoms with Crippen LogP contribution in [0.2, 0.25) is 15.5 Å². The Morgan fingerprint density at radius 3 is 1.22 bits per heavy atom. The average molecular weight is 1880 g/mol. The van der Waals surface area contributed by atoms with Gasteiger partial charge in [-0.15, -0.1) is 20.4 Å². The van der Waals surface area contributed by atoms with Gasteiger partial charge in [-0.3, -0.25) is 53.5 Å². The number of aromatic nitrogens is 20. The number of carbonyl (C=O) groups is 4. The SMILES string of the molecule is CCc1ncccc1[C@@H](C)OC(=O)Nc1c(-c2ccc(NS(C)(=O)=O)c(C)n2)nnn1C.C[C@@H](OC(=O)Cc1c(-c2ccc(NS(C)(=O)=O)c(Cl)n2)nnn1C)c1cccnc1Cl.C[C@@H](OC(=O)Cc1c(-c2ccc(NS(C)(=O)=O)c(F)n2)nnn1C)c1cccnc1Cl.Cc1cnc(C#N)c([C@@H](C)OC(=O)Nc2c(-c3ccc(NS(C)(=O)=O)c(C)n3)nnn2C)c1. The highest BCUT2D eigenvalue weighted by Gasteiger charge is 2.29. The van der Waals surface area contributed by atoms with Gasteiger partial charge in [0.1, 0.15) is 63.6 Å². The topological polar surface area (TPSA) is 564 Å². The second-order valence-electron chi connectivity index (χ2n) is 27.7. The molecule has 0 aliphatic heterocycles. The smallest absolute Gasteiger partial charge is 0.413 e. The predicted octanol–water partition coefficient (Wildman–Crippen LogP) is 10.3. The summed E-state index contributed by atoms with van der Waals surface area (Å²) in [5, 5.41) is 46.8. The summed E-state index contributed by atoms with van der Waals surface area (Å²) in [5.41, 5.74) is 8.73. The number of nitrogens with one attached hydrogen (secondary N) is 6. The number of anilines is 6. The number of amides is 2. The van der Waals surface area contributed by atoms with Gasteiger partial charge in [0.05, 0.1) is 100 Å². The van der Waals surface area contributed by atoms with E-state index in [2.05, 4.69) is 106 Å². The number of sulfonamides is 4. The Labute approximate surface area is 742 Å². The molecule has 0 spiro atoms. The largest absolute Gasteiger partial charge is 0.457 e. The van der Waals surface area contributed by atoms with E-state index in [1.54, 1.807) is 149 Å². The number of hydrogen-bond donors (Lipinski definition) is 6. The van der Waals surface area contributed by atoms with Crippen LogP contribution in [0.1, 0.15) is 121 Å². The van der Waals surface area contributed by atoms with Crippen LogP contribution in [0.4, 0.5) is 48.4 Å². The van der Waals surface area contributed by atoms with Crippen LogP contribution in [0.25, 0.3) is 45.6 Å². The standard InChI is InChI=1S/C20H22N8O4S.C20H25N7O4S.C18H18Cl2N6O4S.C18H18ClFN6O4S/c1-11-8-14(17(9-21)22-10-11)13(3)32-20(29)24-19-18(25-27-28(19)4)16-7-6-15(12(2)23-16)26-33(5,30)31;1-6-15-14(8-7-11-21-15)13(3)31-20(28)23-19-18(24-26-27(19)4)17-10-9-16(12(2)22-17)25-32(5,29)30;2*1-10(11-5-4-8-21-17(11)19)30-15(27)9-14-16(23-25-26(14)2)12-6-7-13(18(20)22-12)24-31(3,28)29/h6-8,10,13,26H,1-5H3,(H,24,29);7-11,13,25H,6H2,1-5H3,(H,23,28);2*4-8,10,24H,9H2,1-3H3/t2*13-;2*10-/m1111/s1. The first-order valence-corrected chi connectivity index (χ1v) is 46.0. The molecule has 12 heterocycles. The summed E-state index contributed by atoms with van der Waals surface area (Å²) in [6.07, 6.45) is 6.75. The van der Waals surface area contributed by atoms with Crippen molar-refractivity contribution in [3.63, 3.8) is 0 Å². The number of ether oxygens (including phenoxy) is 4. The molecule has 0 aliphatic rings. The first-order chi connectivity index (χ1) is 59.7. The molecule has 12 aromatic rings. The molecular formula is C76H83Cl3FN27O16S4. The summed E-state index contributed by atoms with van der Waals surface area (Å²) >= 11 is 18.2. The van der Waals surface area contributed by atoms with E-state index in [-0.39, 0.29) is 68.3 Å². The maximum atomic E-state index is 14.3. The molecule has 0 unspecified atom stereocenters. The minimum absolute atomic E-state index is 0.0676. The second-order valence-corrected chi connectivity index (χ2v) is 35.8. The molecule has 2 amide bonds. The molecule has 0 fully saturated rings. The van der Waals surface area contributed by atoms with Gasteiger partial charge < -0.3 is 18.9 Å². The number of nitrogens with zero attached hydrogens (tertiary/aromatic N) is 21. The van der Waals surface area contributed by atoms with E-state index in [1.807, 2.05) is 30.7 Å². The summed E-state index contributed by atoms with van der Waals surface area (Å²) in [6.45, 7) is 13.9. The monoisotopic (exact) mass is 1880 g/mol. The van der Waals surface area contributed by atoms with Gasteiger partial charge in [0.2, 0.25) is 46.0 Å². The van der Waals surface area contributed by atoms with E-state index in [9.17, 15) is 62.5 Å². The Hall–Kier alpha value is -13.5. The molecule has 0 aromatic carbocycles. The van der Waals surface area contributed by atoms with Crippen molar-refractivity contribution < 1.29 is 76.2 Å². The number of esters is 2. The van der Waals surface area contributed by atoms with Crippen LogP contribution in [0.15, 0.2) is 116 Å². The molecular weight excluding hydrogens is 1800 g/mol. The van der Waals surface area contributed by atoms with Gasteiger partial charge in [-0.2, -0.15) is 9.65 Å². The summed E-state index contributed by atoms with van der Waals surface area (Å²) < 4.78 is 142. The normalized spacial score (nSPS) is 12.3. The van der Waals surface area contributed by atoms with Crippen LogP contribution in [0.5, 0.6) is 0 Å². The van der Waals surface area contributed by atoms with Crippen LogP contribution in [0, 0.1) is 38.1 Å². The van der Waals surface area contributed by atoms with Gasteiger partial charge in [-0.1, -0.05) is 80.8 Å². The minimum atomic E-state index is -3.67. The fourth-order valence-electron chi connectivity index (χ4n) is 11.7. The van der Waals surface area contributed by atoms with Crippen molar-refractivity contribution in [3.8, 4) is 51.6 Å². The molecule has 0 saturated heterocycles. The molecule has 0 bridgehead atoms. The molecule has 4 atom stereocenters. The first-order valence-electron chi connectivity index (χ1n) is 37.3. The average Bonchev–Trinajstić information content (AvgIpc) is 1.73. The lowest BCUT2D eigenvalue weighted by molar-refractivity contribution is -0.148. The summed E-state index contributed by atoms with van der Waals surface area (Å²) in [6, 6.07) is 26.0. The third-order valence-corrected chi connectivity index (χ3v) is 20.8. The zero-order chi connectivity index (χ0) is 93.3. The molecule has 12 aromatic heterocycles. The molecule has 6 N–H and O–H groups in total. The number of pyridine rings is 8. The Balaban J connectivity index is 0.000000191. The summed E-state index contributed by atoms with van der Waals surface area (Å²) in [5.74, 6) is -1.64. The van der Waals surface area contributed by atoms with Crippen molar-refractivity contribution in [2.45, 2.75) is 99.1 Å². The zero-order valence-electron chi connectivity index (χ0n) is 70.5. The van der Waals surface area contributed by atoms with E-state index in [4.69, 9.17) is 53.8 Å². The highest BCUT2D eigenvalue weighted by atomic mass is 35.5. The van der Waals surface area contributed by atoms with Gasteiger partial charge in [0.25, 0.3) is 0 Å². The van der Waals surface area contributed by atoms with Crippen LogP contribution < -0.4 is 29.5 Å². The van der Waals surface area contributed by atoms with Crippen molar-refractivity contribution in [1.82, 2.24) is 99.8 Å². The Kier molecular flexibility index (Phi) is 32.2. The Bertz CT molecular complexity index is 6450. The van der Waals surface area contributed by atoms with Gasteiger partial charge in [0, 0.05) is 80.9 Å². The number of aryl methyl sites for hydroxylation is 8. The highest BCUT2D eigenvalue weighted by Crippen LogP contribution is 2.34. The first kappa shape index (κ1) is 97.3. The zero-order valence-corrected chi connectivity index (χ0v) is 76.0. The molecule has 0 saturated carbocycles. The second kappa shape index (κ2) is 42.0. The van der Waals surface area contributed by atoms with Crippen molar-refractivity contribution in [2.24, 2.45) is 28.2 Å². The molecule has 0 radical (unpaired) electrons. The van der Waals surface area contributed by atoms with Crippen molar-refractivity contribution in [1.29, 1.82) is 5.26 Å². The lowest BCUT2D eigenvalue weighted by Crippen LogP contribution is -2.19. The van der Waals surface area contributed by atoms with Crippen molar-refractivity contribution in [3.05, 3.63) is 199 Å². The predicted molar refractivity (Wildman–Crippen MR) is 465 cm³/mol. The Morgan fingerprint density at radius 1 is 0.457 bits per heavy atom. The van der Waals surface area contributed by atoms with Gasteiger partial charge in [0.15, 0.2) is 28.2 Å². The van der Waals surface area contributed by atoms with E-state index in [1.165, 1.54) is 49.2 Å². The number of carbonyl (C=O) groups excluding carboxylic acids is 4. The maximum Gasteiger partial charge on any atom is 0.413 e. The highest BCUT2D eigenvalue weighted by molar-refractivity contribution is 7.92. The van der Waals surface area contributed by atoms with Gasteiger partial charge in [-0.05, 0) is 133 Å². The molecule has 670 valence electrons. The lowest BCUT2D eigenvalue weighted by atomic mass is 10.1. The van der Waals surface area contributed by atoms with E-state index < -0.39 is 94.6 Å². The number of nitriles is 1. The molecule has 0 aliphatic carbocycles. The fraction of sp³-hybridized carbons (Fsp3) is 0.303. The molecule has 12 rings (SSSR count). The van der Waals surface area contributed by atoms with Crippen LogP contribution in [-0.2, 0) is 116 Å². The maximum absolute atomic E-state index is 14.3. The third-order valence-electron chi connectivity index (χ3n) is 17.6. The fourth-order valence-corrected chi connectivity index (χ4v) is 14.8. The van der Waals surface area contributed by atoms with Crippen molar-refractivity contribution in [2.75, 3.05) is 54.5 Å². The Morgan fingerprint density at radius 2 is 0.819 bits per heavy atom. The van der Waals surface area contributed by atoms with Crippen LogP contribution in [-0.4, -0.2) is 183 Å². The molecule has 43 nitrogen and oxygen atoms in total. The van der Waals surface area contributed by atoms with Crippen LogP contribution in [0.3, 0.4) is 0 Å². The molecule has 51 heteroatoms. The summed E-state index contributed by atoms with van der Waals surface area (Å²) in [4.78, 5) is 83.2. The quantitative estimate of drug-likeness (QED) is 0.0158. The van der Waals surface area contributed by atoms with E-state index >= 15 is 0 Å². The minimum Gasteiger partial charge on any atom is -0.457 e. The van der Waals surface area contributed by atoms with Crippen LogP contribution >= 0.6 is 34.8 Å². The lowest BCUT2D eigenvalue weighted by Gasteiger charge is -2.16. The van der Waals surface area contributed by atoms with E-state index in [0.29, 0.717) is 85.1 Å². The summed E-state index contributed by atoms with van der Waals surface area (Å²) in [7, 11) is -7.69. The van der Waals surface area contributed by atoms with Gasteiger partial charge in [-0.25, -0.2) is 87.5 Å². The third kappa shape index (κ3) is 27.3. The number of rotatable bonds is 27. The molecule has 127 heavy (non-hydrogen) atoms. The van der Waals surface area contributed by atoms with Crippen molar-refractivity contribution >= 4 is 133 Å². The van der Waals surface area contributed by atoms with Gasteiger partial charge >= 0.3 is 24.1 Å².